The number of hydrogen-bond donors (Lipinski definition) is 1. The van der Waals surface area contributed by atoms with Crippen molar-refractivity contribution >= 4 is 50.5 Å². The molecule has 11 heteroatoms. The molecule has 5 nitrogen and oxygen atoms in total. The van der Waals surface area contributed by atoms with Crippen LogP contribution >= 0.6 is 23.2 Å². The Balaban J connectivity index is 2.33. The molecule has 0 aromatic heterocycles. The predicted octanol–water partition coefficient (Wildman–Crippen LogP) is 4.81. The first kappa shape index (κ1) is 22.3. The highest BCUT2D eigenvalue weighted by Gasteiger charge is 2.34. The lowest BCUT2D eigenvalue weighted by Gasteiger charge is -2.28. The summed E-state index contributed by atoms with van der Waals surface area (Å²) in [5.74, 6) is -0.823. The summed E-state index contributed by atoms with van der Waals surface area (Å²) in [5.41, 5.74) is -1.10. The molecule has 0 aliphatic rings. The summed E-state index contributed by atoms with van der Waals surface area (Å²) in [5, 5.41) is 2.14. The first-order valence-corrected chi connectivity index (χ1v) is 10.3. The summed E-state index contributed by atoms with van der Waals surface area (Å²) in [7, 11) is -3.88. The number of alkyl halides is 3. The Hall–Kier alpha value is -1.97. The van der Waals surface area contributed by atoms with Gasteiger partial charge < -0.3 is 5.32 Å². The monoisotopic (exact) mass is 454 g/mol. The molecule has 28 heavy (non-hydrogen) atoms. The number of amides is 1. The van der Waals surface area contributed by atoms with Gasteiger partial charge in [-0.2, -0.15) is 13.2 Å². The lowest BCUT2D eigenvalue weighted by molar-refractivity contribution is -0.137. The molecular formula is C17H15Cl2F3N2O3S. The average Bonchev–Trinajstić information content (AvgIpc) is 2.56. The molecule has 0 aliphatic heterocycles. The minimum Gasteiger partial charge on any atom is -0.324 e. The van der Waals surface area contributed by atoms with E-state index in [-0.39, 0.29) is 11.4 Å². The van der Waals surface area contributed by atoms with Gasteiger partial charge >= 0.3 is 6.18 Å². The van der Waals surface area contributed by atoms with Crippen molar-refractivity contribution in [2.75, 3.05) is 15.9 Å². The van der Waals surface area contributed by atoms with E-state index in [2.05, 4.69) is 5.32 Å². The maximum absolute atomic E-state index is 13.0. The van der Waals surface area contributed by atoms with E-state index in [0.717, 1.165) is 16.6 Å². The van der Waals surface area contributed by atoms with Crippen LogP contribution in [0.2, 0.25) is 10.0 Å². The van der Waals surface area contributed by atoms with Gasteiger partial charge in [-0.25, -0.2) is 8.42 Å². The Morgan fingerprint density at radius 3 is 2.18 bits per heavy atom. The molecule has 0 saturated heterocycles. The van der Waals surface area contributed by atoms with Gasteiger partial charge in [0.2, 0.25) is 15.9 Å². The van der Waals surface area contributed by atoms with Crippen molar-refractivity contribution in [2.24, 2.45) is 0 Å². The van der Waals surface area contributed by atoms with Crippen LogP contribution < -0.4 is 9.62 Å². The van der Waals surface area contributed by atoms with Crippen molar-refractivity contribution in [3.8, 4) is 0 Å². The van der Waals surface area contributed by atoms with Crippen LogP contribution in [-0.2, 0) is 21.0 Å². The quantitative estimate of drug-likeness (QED) is 0.704. The van der Waals surface area contributed by atoms with Gasteiger partial charge in [0.15, 0.2) is 0 Å². The molecule has 1 N–H and O–H groups in total. The standard InChI is InChI=1S/C17H15Cl2F3N2O3S/c1-10(24(28(2,26)27)13-6-3-11(18)4-7-13)16(25)23-12-5-8-15(19)14(9-12)17(20,21)22/h3-10H,1-2H3,(H,23,25)/t10-/m0/s1. The lowest BCUT2D eigenvalue weighted by Crippen LogP contribution is -2.45. The van der Waals surface area contributed by atoms with Crippen molar-refractivity contribution in [2.45, 2.75) is 19.1 Å². The number of benzene rings is 2. The van der Waals surface area contributed by atoms with Gasteiger partial charge in [0.25, 0.3) is 0 Å². The van der Waals surface area contributed by atoms with Gasteiger partial charge in [-0.15, -0.1) is 0 Å². The molecule has 152 valence electrons. The van der Waals surface area contributed by atoms with Gasteiger partial charge in [0, 0.05) is 10.7 Å². The number of anilines is 2. The summed E-state index contributed by atoms with van der Waals surface area (Å²) >= 11 is 11.3. The normalized spacial score (nSPS) is 13.1. The van der Waals surface area contributed by atoms with Crippen LogP contribution in [0.15, 0.2) is 42.5 Å². The molecule has 2 aromatic carbocycles. The van der Waals surface area contributed by atoms with Crippen LogP contribution in [0, 0.1) is 0 Å². The van der Waals surface area contributed by atoms with Gasteiger partial charge in [-0.1, -0.05) is 23.2 Å². The highest BCUT2D eigenvalue weighted by Crippen LogP contribution is 2.36. The SMILES string of the molecule is C[C@@H](C(=O)Nc1ccc(Cl)c(C(F)(F)F)c1)N(c1ccc(Cl)cc1)S(C)(=O)=O. The van der Waals surface area contributed by atoms with Crippen LogP contribution in [0.1, 0.15) is 12.5 Å². The van der Waals surface area contributed by atoms with Crippen molar-refractivity contribution in [1.29, 1.82) is 0 Å². The molecule has 0 spiro atoms. The van der Waals surface area contributed by atoms with E-state index in [9.17, 15) is 26.4 Å². The molecule has 2 rings (SSSR count). The largest absolute Gasteiger partial charge is 0.417 e. The minimum absolute atomic E-state index is 0.168. The molecule has 0 radical (unpaired) electrons. The number of halogens is 5. The Kier molecular flexibility index (Phi) is 6.52. The van der Waals surface area contributed by atoms with Gasteiger partial charge in [0.05, 0.1) is 22.5 Å². The van der Waals surface area contributed by atoms with Crippen molar-refractivity contribution < 1.29 is 26.4 Å². The Labute approximate surface area is 170 Å². The summed E-state index contributed by atoms with van der Waals surface area (Å²) in [6, 6.07) is 7.35. The highest BCUT2D eigenvalue weighted by molar-refractivity contribution is 7.92. The van der Waals surface area contributed by atoms with Crippen LogP contribution in [0.4, 0.5) is 24.5 Å². The van der Waals surface area contributed by atoms with Crippen LogP contribution in [-0.4, -0.2) is 26.6 Å². The second kappa shape index (κ2) is 8.18. The molecule has 0 bridgehead atoms. The molecule has 2 aromatic rings. The maximum Gasteiger partial charge on any atom is 0.417 e. The van der Waals surface area contributed by atoms with E-state index in [4.69, 9.17) is 23.2 Å². The molecule has 0 heterocycles. The number of carbonyl (C=O) groups excluding carboxylic acids is 1. The first-order valence-electron chi connectivity index (χ1n) is 7.73. The Morgan fingerprint density at radius 1 is 1.11 bits per heavy atom. The average molecular weight is 455 g/mol. The summed E-state index contributed by atoms with van der Waals surface area (Å²) < 4.78 is 64.1. The van der Waals surface area contributed by atoms with E-state index in [0.29, 0.717) is 11.1 Å². The smallest absolute Gasteiger partial charge is 0.324 e. The third kappa shape index (κ3) is 5.30. The highest BCUT2D eigenvalue weighted by atomic mass is 35.5. The van der Waals surface area contributed by atoms with E-state index in [1.54, 1.807) is 0 Å². The number of hydrogen-bond acceptors (Lipinski definition) is 3. The third-order valence-corrected chi connectivity index (χ3v) is 5.53. The lowest BCUT2D eigenvalue weighted by atomic mass is 10.2. The van der Waals surface area contributed by atoms with Crippen molar-refractivity contribution in [3.05, 3.63) is 58.1 Å². The zero-order valence-corrected chi connectivity index (χ0v) is 16.9. The molecule has 0 unspecified atom stereocenters. The van der Waals surface area contributed by atoms with E-state index in [1.165, 1.54) is 37.3 Å². The van der Waals surface area contributed by atoms with Crippen molar-refractivity contribution in [1.82, 2.24) is 0 Å². The van der Waals surface area contributed by atoms with Gasteiger partial charge in [-0.3, -0.25) is 9.10 Å². The fraction of sp³-hybridized carbons (Fsp3) is 0.235. The van der Waals surface area contributed by atoms with E-state index >= 15 is 0 Å². The number of nitrogens with one attached hydrogen (secondary N) is 1. The topological polar surface area (TPSA) is 66.5 Å². The van der Waals surface area contributed by atoms with Crippen LogP contribution in [0.5, 0.6) is 0 Å². The van der Waals surface area contributed by atoms with E-state index < -0.39 is 38.7 Å². The number of nitrogens with zero attached hydrogens (tertiary/aromatic N) is 1. The predicted molar refractivity (Wildman–Crippen MR) is 103 cm³/mol. The molecule has 1 amide bonds. The second-order valence-corrected chi connectivity index (χ2v) is 8.60. The third-order valence-electron chi connectivity index (χ3n) is 3.71. The molecular weight excluding hydrogens is 440 g/mol. The van der Waals surface area contributed by atoms with Crippen molar-refractivity contribution in [3.63, 3.8) is 0 Å². The fourth-order valence-electron chi connectivity index (χ4n) is 2.46. The maximum atomic E-state index is 13.0. The van der Waals surface area contributed by atoms with Crippen LogP contribution in [0.3, 0.4) is 0 Å². The Morgan fingerprint density at radius 2 is 1.68 bits per heavy atom. The summed E-state index contributed by atoms with van der Waals surface area (Å²) in [6.07, 6.45) is -3.79. The molecule has 1 atom stereocenters. The second-order valence-electron chi connectivity index (χ2n) is 5.89. The van der Waals surface area contributed by atoms with Gasteiger partial charge in [0.1, 0.15) is 6.04 Å². The molecule has 0 aliphatic carbocycles. The summed E-state index contributed by atoms with van der Waals surface area (Å²) in [6.45, 7) is 1.31. The molecule has 0 saturated carbocycles. The molecule has 0 fully saturated rings. The summed E-state index contributed by atoms with van der Waals surface area (Å²) in [4.78, 5) is 12.5. The van der Waals surface area contributed by atoms with Gasteiger partial charge in [-0.05, 0) is 49.4 Å². The number of rotatable bonds is 5. The zero-order chi connectivity index (χ0) is 21.3. The Bertz CT molecular complexity index is 980. The number of carbonyl (C=O) groups is 1. The first-order chi connectivity index (χ1) is 12.8. The minimum atomic E-state index is -4.70. The zero-order valence-electron chi connectivity index (χ0n) is 14.6. The number of sulfonamides is 1. The van der Waals surface area contributed by atoms with Crippen LogP contribution in [0.25, 0.3) is 0 Å². The fourth-order valence-corrected chi connectivity index (χ4v) is 3.99. The van der Waals surface area contributed by atoms with E-state index in [1.807, 2.05) is 0 Å².